The van der Waals surface area contributed by atoms with Crippen molar-refractivity contribution in [1.29, 1.82) is 0 Å². The van der Waals surface area contributed by atoms with E-state index in [1.165, 1.54) is 12.8 Å². The minimum Gasteiger partial charge on any atom is -0.375 e. The molecule has 2 fully saturated rings. The molecular formula is C14H18N4O3. The molecule has 1 saturated carbocycles. The van der Waals surface area contributed by atoms with Crippen molar-refractivity contribution >= 4 is 0 Å². The molecule has 2 atom stereocenters. The highest BCUT2D eigenvalue weighted by Gasteiger charge is 2.37. The third kappa shape index (κ3) is 2.58. The fourth-order valence-electron chi connectivity index (χ4n) is 2.82. The Morgan fingerprint density at radius 3 is 3.00 bits per heavy atom. The molecule has 2 aromatic heterocycles. The molecule has 0 unspecified atom stereocenters. The van der Waals surface area contributed by atoms with Gasteiger partial charge in [-0.3, -0.25) is 4.90 Å². The fourth-order valence-corrected chi connectivity index (χ4v) is 2.82. The van der Waals surface area contributed by atoms with E-state index in [1.807, 2.05) is 13.0 Å². The van der Waals surface area contributed by atoms with Crippen LogP contribution in [0.25, 0.3) is 0 Å². The average molecular weight is 290 g/mol. The zero-order valence-electron chi connectivity index (χ0n) is 11.9. The van der Waals surface area contributed by atoms with Crippen LogP contribution in [0.4, 0.5) is 0 Å². The van der Waals surface area contributed by atoms with E-state index in [9.17, 15) is 0 Å². The van der Waals surface area contributed by atoms with E-state index >= 15 is 0 Å². The van der Waals surface area contributed by atoms with Crippen molar-refractivity contribution in [3.05, 3.63) is 29.7 Å². The Morgan fingerprint density at radius 1 is 1.33 bits per heavy atom. The van der Waals surface area contributed by atoms with Crippen molar-refractivity contribution in [2.45, 2.75) is 44.4 Å². The predicted molar refractivity (Wildman–Crippen MR) is 71.3 cm³/mol. The quantitative estimate of drug-likeness (QED) is 0.851. The first-order valence-corrected chi connectivity index (χ1v) is 7.39. The zero-order valence-corrected chi connectivity index (χ0v) is 11.9. The molecule has 4 rings (SSSR count). The summed E-state index contributed by atoms with van der Waals surface area (Å²) >= 11 is 0. The van der Waals surface area contributed by atoms with Gasteiger partial charge < -0.3 is 13.8 Å². The van der Waals surface area contributed by atoms with Gasteiger partial charge in [0.25, 0.3) is 0 Å². The lowest BCUT2D eigenvalue weighted by molar-refractivity contribution is -0.0769. The van der Waals surface area contributed by atoms with E-state index in [0.717, 1.165) is 18.1 Å². The highest BCUT2D eigenvalue weighted by atomic mass is 16.5. The summed E-state index contributed by atoms with van der Waals surface area (Å²) in [6.07, 6.45) is 3.93. The van der Waals surface area contributed by atoms with E-state index in [0.29, 0.717) is 25.0 Å². The second kappa shape index (κ2) is 5.23. The van der Waals surface area contributed by atoms with Crippen LogP contribution in [0.2, 0.25) is 0 Å². The normalized spacial score (nSPS) is 27.1. The molecule has 0 radical (unpaired) electrons. The molecule has 1 saturated heterocycles. The number of rotatable bonds is 4. The lowest BCUT2D eigenvalue weighted by Crippen LogP contribution is -2.43. The Hall–Kier alpha value is -1.73. The van der Waals surface area contributed by atoms with Gasteiger partial charge in [0.05, 0.1) is 18.4 Å². The molecule has 0 bridgehead atoms. The number of nitrogens with zero attached hydrogens (tertiary/aromatic N) is 4. The third-order valence-electron chi connectivity index (χ3n) is 4.11. The van der Waals surface area contributed by atoms with Gasteiger partial charge in [-0.1, -0.05) is 10.3 Å². The Morgan fingerprint density at radius 2 is 2.24 bits per heavy atom. The standard InChI is InChI=1S/C14H18N4O3/c1-9-12(14-15-13(17-21-14)10-2-3-10)18(5-7-19-9)8-11-4-6-20-16-11/h4,6,9-10,12H,2-3,5,7-8H2,1H3/t9-,12+/m1/s1. The summed E-state index contributed by atoms with van der Waals surface area (Å²) in [5.74, 6) is 1.98. The number of hydrogen-bond donors (Lipinski definition) is 0. The minimum absolute atomic E-state index is 0.0122. The molecule has 0 aromatic carbocycles. The molecule has 7 heteroatoms. The van der Waals surface area contributed by atoms with Gasteiger partial charge in [-0.25, -0.2) is 0 Å². The van der Waals surface area contributed by atoms with E-state index in [4.69, 9.17) is 13.8 Å². The van der Waals surface area contributed by atoms with Crippen LogP contribution in [0.1, 0.15) is 49.1 Å². The summed E-state index contributed by atoms with van der Waals surface area (Å²) in [7, 11) is 0. The monoisotopic (exact) mass is 290 g/mol. The van der Waals surface area contributed by atoms with Crippen LogP contribution < -0.4 is 0 Å². The van der Waals surface area contributed by atoms with Crippen LogP contribution >= 0.6 is 0 Å². The molecule has 0 amide bonds. The van der Waals surface area contributed by atoms with Gasteiger partial charge in [0.2, 0.25) is 5.89 Å². The maximum atomic E-state index is 5.77. The van der Waals surface area contributed by atoms with Crippen molar-refractivity contribution in [3.63, 3.8) is 0 Å². The summed E-state index contributed by atoms with van der Waals surface area (Å²) < 4.78 is 16.2. The fraction of sp³-hybridized carbons (Fsp3) is 0.643. The third-order valence-corrected chi connectivity index (χ3v) is 4.11. The second-order valence-electron chi connectivity index (χ2n) is 5.75. The first-order chi connectivity index (χ1) is 10.3. The molecule has 3 heterocycles. The molecule has 2 aliphatic rings. The lowest BCUT2D eigenvalue weighted by atomic mass is 10.1. The van der Waals surface area contributed by atoms with Crippen LogP contribution in [0.3, 0.4) is 0 Å². The lowest BCUT2D eigenvalue weighted by Gasteiger charge is -2.37. The summed E-state index contributed by atoms with van der Waals surface area (Å²) in [6, 6.07) is 1.84. The molecule has 2 aromatic rings. The van der Waals surface area contributed by atoms with Gasteiger partial charge in [0.15, 0.2) is 5.82 Å². The molecule has 0 N–H and O–H groups in total. The molecule has 1 aliphatic heterocycles. The Bertz CT molecular complexity index is 593. The molecule has 112 valence electrons. The average Bonchev–Trinajstić information content (AvgIpc) is 2.99. The van der Waals surface area contributed by atoms with Crippen LogP contribution in [0.5, 0.6) is 0 Å². The van der Waals surface area contributed by atoms with Crippen molar-refractivity contribution < 1.29 is 13.8 Å². The molecule has 1 aliphatic carbocycles. The number of hydrogen-bond acceptors (Lipinski definition) is 7. The summed E-state index contributed by atoms with van der Waals surface area (Å²) in [4.78, 5) is 6.84. The summed E-state index contributed by atoms with van der Waals surface area (Å²) in [6.45, 7) is 4.23. The van der Waals surface area contributed by atoms with Gasteiger partial charge in [0.1, 0.15) is 12.3 Å². The van der Waals surface area contributed by atoms with E-state index in [2.05, 4.69) is 20.2 Å². The second-order valence-corrected chi connectivity index (χ2v) is 5.75. The number of ether oxygens (including phenoxy) is 1. The maximum absolute atomic E-state index is 5.77. The van der Waals surface area contributed by atoms with Crippen LogP contribution in [0, 0.1) is 0 Å². The van der Waals surface area contributed by atoms with Gasteiger partial charge in [-0.05, 0) is 19.8 Å². The first-order valence-electron chi connectivity index (χ1n) is 7.39. The molecule has 0 spiro atoms. The van der Waals surface area contributed by atoms with Crippen LogP contribution in [-0.4, -0.2) is 39.5 Å². The van der Waals surface area contributed by atoms with Gasteiger partial charge in [0, 0.05) is 25.1 Å². The van der Waals surface area contributed by atoms with Gasteiger partial charge in [-0.15, -0.1) is 0 Å². The van der Waals surface area contributed by atoms with Gasteiger partial charge in [-0.2, -0.15) is 4.98 Å². The van der Waals surface area contributed by atoms with E-state index < -0.39 is 0 Å². The van der Waals surface area contributed by atoms with Crippen molar-refractivity contribution in [1.82, 2.24) is 20.2 Å². The Kier molecular flexibility index (Phi) is 3.23. The van der Waals surface area contributed by atoms with Crippen molar-refractivity contribution in [2.75, 3.05) is 13.2 Å². The van der Waals surface area contributed by atoms with E-state index in [-0.39, 0.29) is 12.1 Å². The summed E-state index contributed by atoms with van der Waals surface area (Å²) in [5.41, 5.74) is 0.899. The van der Waals surface area contributed by atoms with Gasteiger partial charge >= 0.3 is 0 Å². The largest absolute Gasteiger partial charge is 0.375 e. The maximum Gasteiger partial charge on any atom is 0.246 e. The zero-order chi connectivity index (χ0) is 14.2. The SMILES string of the molecule is C[C@H]1OCCN(Cc2ccon2)[C@@H]1c1nc(C2CC2)no1. The molecule has 7 nitrogen and oxygen atoms in total. The smallest absolute Gasteiger partial charge is 0.246 e. The Balaban J connectivity index is 1.57. The number of morpholine rings is 1. The highest BCUT2D eigenvalue weighted by Crippen LogP contribution is 2.39. The first kappa shape index (κ1) is 13.0. The molecular weight excluding hydrogens is 272 g/mol. The van der Waals surface area contributed by atoms with Crippen LogP contribution in [0.15, 0.2) is 21.4 Å². The van der Waals surface area contributed by atoms with Crippen LogP contribution in [-0.2, 0) is 11.3 Å². The topological polar surface area (TPSA) is 77.4 Å². The number of aromatic nitrogens is 3. The van der Waals surface area contributed by atoms with Crippen molar-refractivity contribution in [2.24, 2.45) is 0 Å². The minimum atomic E-state index is -0.0320. The Labute approximate surface area is 122 Å². The predicted octanol–water partition coefficient (Wildman–Crippen LogP) is 1.90. The molecule has 21 heavy (non-hydrogen) atoms. The summed E-state index contributed by atoms with van der Waals surface area (Å²) in [5, 5.41) is 8.10. The van der Waals surface area contributed by atoms with E-state index in [1.54, 1.807) is 6.26 Å². The highest BCUT2D eigenvalue weighted by molar-refractivity contribution is 5.07. The van der Waals surface area contributed by atoms with Crippen molar-refractivity contribution in [3.8, 4) is 0 Å².